The van der Waals surface area contributed by atoms with Crippen molar-refractivity contribution in [1.29, 1.82) is 0 Å². The SMILES string of the molecule is O=C1CN(CCOC(=O)Cc2cccc(Cc3nn(-c4cc(F)cc(F)c4)ccc3=O)c2)CCN1. The number of halogens is 2. The maximum absolute atomic E-state index is 13.6. The van der Waals surface area contributed by atoms with E-state index in [-0.39, 0.29) is 42.2 Å². The molecule has 35 heavy (non-hydrogen) atoms. The molecule has 4 rings (SSSR count). The predicted octanol–water partition coefficient (Wildman–Crippen LogP) is 1.62. The lowest BCUT2D eigenvalue weighted by molar-refractivity contribution is -0.143. The van der Waals surface area contributed by atoms with E-state index in [0.717, 1.165) is 23.8 Å². The molecule has 8 nitrogen and oxygen atoms in total. The average molecular weight is 482 g/mol. The van der Waals surface area contributed by atoms with E-state index in [2.05, 4.69) is 10.4 Å². The Hall–Kier alpha value is -3.92. The quantitative estimate of drug-likeness (QED) is 0.491. The highest BCUT2D eigenvalue weighted by Crippen LogP contribution is 2.13. The van der Waals surface area contributed by atoms with Crippen molar-refractivity contribution in [3.63, 3.8) is 0 Å². The first-order chi connectivity index (χ1) is 16.9. The number of benzene rings is 2. The predicted molar refractivity (Wildman–Crippen MR) is 123 cm³/mol. The Balaban J connectivity index is 1.38. The van der Waals surface area contributed by atoms with Gasteiger partial charge in [0.15, 0.2) is 0 Å². The van der Waals surface area contributed by atoms with E-state index in [1.54, 1.807) is 24.3 Å². The number of amides is 1. The smallest absolute Gasteiger partial charge is 0.310 e. The third-order valence-corrected chi connectivity index (χ3v) is 5.49. The Kier molecular flexibility index (Phi) is 7.61. The van der Waals surface area contributed by atoms with Crippen LogP contribution < -0.4 is 10.7 Å². The van der Waals surface area contributed by atoms with E-state index in [0.29, 0.717) is 31.7 Å². The highest BCUT2D eigenvalue weighted by molar-refractivity contribution is 5.78. The Morgan fingerprint density at radius 1 is 1.06 bits per heavy atom. The first kappa shape index (κ1) is 24.2. The minimum Gasteiger partial charge on any atom is -0.464 e. The number of hydrogen-bond acceptors (Lipinski definition) is 6. The summed E-state index contributed by atoms with van der Waals surface area (Å²) in [6.45, 7) is 2.28. The molecule has 1 fully saturated rings. The molecule has 0 radical (unpaired) electrons. The lowest BCUT2D eigenvalue weighted by atomic mass is 10.0. The third kappa shape index (κ3) is 6.80. The molecule has 0 aliphatic carbocycles. The van der Waals surface area contributed by atoms with Gasteiger partial charge in [0.1, 0.15) is 23.9 Å². The van der Waals surface area contributed by atoms with E-state index in [1.165, 1.54) is 16.9 Å². The summed E-state index contributed by atoms with van der Waals surface area (Å²) in [5.74, 6) is -1.93. The zero-order valence-electron chi connectivity index (χ0n) is 18.9. The second kappa shape index (κ2) is 11.0. The van der Waals surface area contributed by atoms with Gasteiger partial charge in [-0.2, -0.15) is 5.10 Å². The summed E-state index contributed by atoms with van der Waals surface area (Å²) < 4.78 is 33.7. The monoisotopic (exact) mass is 482 g/mol. The van der Waals surface area contributed by atoms with Crippen LogP contribution in [0.1, 0.15) is 16.8 Å². The zero-order valence-corrected chi connectivity index (χ0v) is 18.9. The number of carbonyl (C=O) groups excluding carboxylic acids is 2. The van der Waals surface area contributed by atoms with Crippen LogP contribution in [0, 0.1) is 11.6 Å². The number of carbonyl (C=O) groups is 2. The first-order valence-electron chi connectivity index (χ1n) is 11.1. The summed E-state index contributed by atoms with van der Waals surface area (Å²) in [7, 11) is 0. The fraction of sp³-hybridized carbons (Fsp3) is 0.280. The number of nitrogens with zero attached hydrogens (tertiary/aromatic N) is 3. The maximum Gasteiger partial charge on any atom is 0.310 e. The minimum absolute atomic E-state index is 0.0397. The van der Waals surface area contributed by atoms with Gasteiger partial charge in [-0.25, -0.2) is 13.5 Å². The summed E-state index contributed by atoms with van der Waals surface area (Å²) in [6, 6.07) is 11.4. The van der Waals surface area contributed by atoms with Gasteiger partial charge < -0.3 is 10.1 Å². The number of hydrogen-bond donors (Lipinski definition) is 1. The number of rotatable bonds is 8. The molecule has 2 aromatic carbocycles. The van der Waals surface area contributed by atoms with Gasteiger partial charge in [0.25, 0.3) is 0 Å². The van der Waals surface area contributed by atoms with Gasteiger partial charge in [-0.05, 0) is 23.3 Å². The average Bonchev–Trinajstić information content (AvgIpc) is 2.80. The van der Waals surface area contributed by atoms with E-state index in [4.69, 9.17) is 4.74 Å². The van der Waals surface area contributed by atoms with Crippen LogP contribution in [0.2, 0.25) is 0 Å². The maximum atomic E-state index is 13.6. The number of piperazine rings is 1. The van der Waals surface area contributed by atoms with Crippen LogP contribution in [0.3, 0.4) is 0 Å². The van der Waals surface area contributed by atoms with Gasteiger partial charge in [0.2, 0.25) is 11.3 Å². The Morgan fingerprint density at radius 3 is 2.60 bits per heavy atom. The van der Waals surface area contributed by atoms with E-state index < -0.39 is 17.6 Å². The second-order valence-electron chi connectivity index (χ2n) is 8.22. The molecule has 1 aromatic heterocycles. The molecule has 1 amide bonds. The molecule has 2 heterocycles. The van der Waals surface area contributed by atoms with Gasteiger partial charge in [-0.1, -0.05) is 24.3 Å². The lowest BCUT2D eigenvalue weighted by Gasteiger charge is -2.25. The molecular weight excluding hydrogens is 458 g/mol. The fourth-order valence-corrected chi connectivity index (χ4v) is 3.82. The zero-order chi connectivity index (χ0) is 24.8. The number of esters is 1. The van der Waals surface area contributed by atoms with Crippen LogP contribution in [0.5, 0.6) is 0 Å². The van der Waals surface area contributed by atoms with Gasteiger partial charge in [-0.3, -0.25) is 19.3 Å². The Bertz CT molecular complexity index is 1270. The van der Waals surface area contributed by atoms with Crippen molar-refractivity contribution in [2.75, 3.05) is 32.8 Å². The Labute approximate surface area is 200 Å². The minimum atomic E-state index is -0.747. The third-order valence-electron chi connectivity index (χ3n) is 5.49. The largest absolute Gasteiger partial charge is 0.464 e. The number of aromatic nitrogens is 2. The van der Waals surface area contributed by atoms with Crippen LogP contribution in [0.4, 0.5) is 8.78 Å². The van der Waals surface area contributed by atoms with Crippen LogP contribution in [-0.4, -0.2) is 59.3 Å². The first-order valence-corrected chi connectivity index (χ1v) is 11.1. The summed E-state index contributed by atoms with van der Waals surface area (Å²) in [5, 5.41) is 6.99. The molecule has 1 saturated heterocycles. The van der Waals surface area contributed by atoms with Gasteiger partial charge in [0, 0.05) is 44.4 Å². The van der Waals surface area contributed by atoms with Crippen molar-refractivity contribution >= 4 is 11.9 Å². The molecule has 1 aliphatic heterocycles. The summed E-state index contributed by atoms with van der Waals surface area (Å²) in [5.41, 5.74) is 1.51. The standard InChI is InChI=1S/C25H24F2N4O4/c26-19-13-20(27)15-21(14-19)31-6-4-23(32)22(29-31)11-17-2-1-3-18(10-17)12-25(34)35-9-8-30-7-5-28-24(33)16-30/h1-4,6,10,13-15H,5,7-9,11-12,16H2,(H,28,33). The van der Waals surface area contributed by atoms with Gasteiger partial charge in [0.05, 0.1) is 18.7 Å². The molecular formula is C25H24F2N4O4. The lowest BCUT2D eigenvalue weighted by Crippen LogP contribution is -2.48. The van der Waals surface area contributed by atoms with E-state index in [1.807, 2.05) is 4.90 Å². The molecule has 0 spiro atoms. The fourth-order valence-electron chi connectivity index (χ4n) is 3.82. The highest BCUT2D eigenvalue weighted by atomic mass is 19.1. The van der Waals surface area contributed by atoms with Gasteiger partial charge in [-0.15, -0.1) is 0 Å². The molecule has 1 aliphatic rings. The molecule has 3 aromatic rings. The van der Waals surface area contributed by atoms with Crippen molar-refractivity contribution in [2.45, 2.75) is 12.8 Å². The van der Waals surface area contributed by atoms with Crippen LogP contribution >= 0.6 is 0 Å². The van der Waals surface area contributed by atoms with E-state index in [9.17, 15) is 23.2 Å². The van der Waals surface area contributed by atoms with E-state index >= 15 is 0 Å². The topological polar surface area (TPSA) is 93.5 Å². The number of ether oxygens (including phenoxy) is 1. The van der Waals surface area contributed by atoms with Crippen LogP contribution in [0.25, 0.3) is 5.69 Å². The van der Waals surface area contributed by atoms with Crippen molar-refractivity contribution in [3.8, 4) is 5.69 Å². The van der Waals surface area contributed by atoms with Crippen molar-refractivity contribution in [1.82, 2.24) is 20.0 Å². The van der Waals surface area contributed by atoms with Crippen molar-refractivity contribution in [2.24, 2.45) is 0 Å². The molecule has 182 valence electrons. The summed E-state index contributed by atoms with van der Waals surface area (Å²) in [6.07, 6.45) is 1.59. The second-order valence-corrected chi connectivity index (χ2v) is 8.22. The molecule has 10 heteroatoms. The number of nitrogens with one attached hydrogen (secondary N) is 1. The van der Waals surface area contributed by atoms with Gasteiger partial charge >= 0.3 is 5.97 Å². The van der Waals surface area contributed by atoms with Crippen LogP contribution in [-0.2, 0) is 27.2 Å². The molecule has 0 bridgehead atoms. The molecule has 0 unspecified atom stereocenters. The normalized spacial score (nSPS) is 13.9. The molecule has 1 N–H and O–H groups in total. The van der Waals surface area contributed by atoms with Crippen molar-refractivity contribution < 1.29 is 23.1 Å². The Morgan fingerprint density at radius 2 is 1.83 bits per heavy atom. The summed E-state index contributed by atoms with van der Waals surface area (Å²) in [4.78, 5) is 37.9. The highest BCUT2D eigenvalue weighted by Gasteiger charge is 2.16. The van der Waals surface area contributed by atoms with Crippen molar-refractivity contribution in [3.05, 3.63) is 93.4 Å². The summed E-state index contributed by atoms with van der Waals surface area (Å²) >= 11 is 0. The molecule has 0 saturated carbocycles. The van der Waals surface area contributed by atoms with Crippen LogP contribution in [0.15, 0.2) is 59.5 Å². The molecule has 0 atom stereocenters.